The first-order chi connectivity index (χ1) is 31.9. The Balaban J connectivity index is 1.42. The minimum atomic E-state index is -2.53. The fraction of sp³-hybridized carbons (Fsp3) is 0.712. The van der Waals surface area contributed by atoms with E-state index in [9.17, 15) is 34.2 Å². The van der Waals surface area contributed by atoms with Gasteiger partial charge in [0.05, 0.1) is 30.5 Å². The summed E-state index contributed by atoms with van der Waals surface area (Å²) in [4.78, 5) is 70.9. The maximum Gasteiger partial charge on any atom is 0.332 e. The molecule has 1 aromatic carbocycles. The summed E-state index contributed by atoms with van der Waals surface area (Å²) in [5.41, 5.74) is 2.49. The minimum absolute atomic E-state index is 0.0166. The average Bonchev–Trinajstić information content (AvgIpc) is 3.32. The number of ketones is 2. The molecule has 14 atom stereocenters. The van der Waals surface area contributed by atoms with Gasteiger partial charge in [-0.1, -0.05) is 75.8 Å². The molecule has 5 rings (SSSR count). The number of amides is 1. The molecule has 0 aromatic heterocycles. The summed E-state index contributed by atoms with van der Waals surface area (Å²) in [5, 5.41) is 23.9. The number of cyclic esters (lactones) is 1. The molecule has 2 saturated heterocycles. The molecule has 3 heterocycles. The van der Waals surface area contributed by atoms with Crippen LogP contribution < -0.4 is 0 Å². The van der Waals surface area contributed by atoms with Crippen LogP contribution in [0.3, 0.4) is 0 Å². The smallest absolute Gasteiger partial charge is 0.332 e. The summed E-state index contributed by atoms with van der Waals surface area (Å²) in [6, 6.07) is 8.23. The Kier molecular flexibility index (Phi) is 20.3. The fourth-order valence-electron chi connectivity index (χ4n) is 10.5. The SMILES string of the molecule is CC[C@@H]1/C=C(\C)C[C@H](C)C[C@H](OC)[C@H]2O[C@@](O)(C(=O)C(=O)N3CCCC[C@H]3C(=O)O[C@H](/C(C)=C/[C@@H]3CC[C@@H](OCC(=O)OCc4ccccc4)[C@H](OC)C3)[C@H](C)[C@@H](O)CC1=O)[C@H](C)C[C@@H]2OC. The molecule has 0 radical (unpaired) electrons. The van der Waals surface area contributed by atoms with Crippen LogP contribution in [0.5, 0.6) is 0 Å². The molecule has 1 amide bonds. The molecule has 1 aromatic rings. The van der Waals surface area contributed by atoms with Crippen molar-refractivity contribution in [3.05, 3.63) is 59.2 Å². The molecular formula is C52H77NO14. The number of rotatable bonds is 11. The number of methoxy groups -OCH3 is 3. The lowest BCUT2D eigenvalue weighted by Gasteiger charge is -2.47. The third-order valence-electron chi connectivity index (χ3n) is 14.5. The highest BCUT2D eigenvalue weighted by Crippen LogP contribution is 2.39. The van der Waals surface area contributed by atoms with Gasteiger partial charge in [-0.2, -0.15) is 0 Å². The minimum Gasteiger partial charge on any atom is -0.459 e. The van der Waals surface area contributed by atoms with Gasteiger partial charge in [-0.3, -0.25) is 14.4 Å². The Labute approximate surface area is 397 Å². The Morgan fingerprint density at radius 2 is 1.58 bits per heavy atom. The van der Waals surface area contributed by atoms with Crippen LogP contribution in [0, 0.1) is 29.6 Å². The third kappa shape index (κ3) is 13.9. The van der Waals surface area contributed by atoms with E-state index in [1.807, 2.05) is 70.2 Å². The highest BCUT2D eigenvalue weighted by Gasteiger charge is 2.56. The molecule has 3 aliphatic heterocycles. The first-order valence-corrected chi connectivity index (χ1v) is 24.4. The zero-order chi connectivity index (χ0) is 49.0. The van der Waals surface area contributed by atoms with Crippen molar-refractivity contribution in [1.29, 1.82) is 0 Å². The first-order valence-electron chi connectivity index (χ1n) is 24.4. The van der Waals surface area contributed by atoms with Gasteiger partial charge in [0.1, 0.15) is 37.2 Å². The van der Waals surface area contributed by atoms with Crippen molar-refractivity contribution in [3.8, 4) is 0 Å². The molecular weight excluding hydrogens is 863 g/mol. The number of fused-ring (bicyclic) bond motifs is 3. The first kappa shape index (κ1) is 54.1. The highest BCUT2D eigenvalue weighted by molar-refractivity contribution is 6.39. The van der Waals surface area contributed by atoms with Gasteiger partial charge in [-0.05, 0) is 101 Å². The number of aliphatic hydroxyl groups excluding tert-OH is 1. The number of nitrogens with zero attached hydrogens (tertiary/aromatic N) is 1. The Bertz CT molecular complexity index is 1890. The molecule has 0 unspecified atom stereocenters. The number of hydrogen-bond donors (Lipinski definition) is 2. The lowest BCUT2D eigenvalue weighted by Crippen LogP contribution is -2.64. The Hall–Kier alpha value is -3.83. The zero-order valence-electron chi connectivity index (χ0n) is 41.2. The molecule has 3 fully saturated rings. The maximum absolute atomic E-state index is 14.5. The van der Waals surface area contributed by atoms with E-state index >= 15 is 0 Å². The lowest BCUT2D eigenvalue weighted by atomic mass is 9.81. The van der Waals surface area contributed by atoms with Gasteiger partial charge in [0.15, 0.2) is 0 Å². The van der Waals surface area contributed by atoms with Gasteiger partial charge in [-0.15, -0.1) is 0 Å². The number of Topliss-reactive ketones (excluding diaryl/α,β-unsaturated/α-hetero) is 2. The molecule has 67 heavy (non-hydrogen) atoms. The summed E-state index contributed by atoms with van der Waals surface area (Å²) < 4.78 is 41.7. The van der Waals surface area contributed by atoms with E-state index in [1.54, 1.807) is 21.0 Å². The molecule has 2 bridgehead atoms. The second-order valence-electron chi connectivity index (χ2n) is 19.6. The molecule has 15 heteroatoms. The van der Waals surface area contributed by atoms with Gasteiger partial charge < -0.3 is 48.3 Å². The number of aliphatic hydroxyl groups is 2. The quantitative estimate of drug-likeness (QED) is 0.144. The van der Waals surface area contributed by atoms with E-state index in [0.717, 1.165) is 11.1 Å². The Morgan fingerprint density at radius 1 is 0.896 bits per heavy atom. The number of piperidine rings is 1. The summed E-state index contributed by atoms with van der Waals surface area (Å²) >= 11 is 0. The molecule has 0 spiro atoms. The number of carbonyl (C=O) groups excluding carboxylic acids is 5. The van der Waals surface area contributed by atoms with E-state index in [4.69, 9.17) is 33.2 Å². The predicted molar refractivity (Wildman–Crippen MR) is 248 cm³/mol. The van der Waals surface area contributed by atoms with E-state index in [-0.39, 0.29) is 68.8 Å². The topological polar surface area (TPSA) is 194 Å². The summed E-state index contributed by atoms with van der Waals surface area (Å²) in [5.74, 6) is -8.25. The second kappa shape index (κ2) is 25.2. The lowest BCUT2D eigenvalue weighted by molar-refractivity contribution is -0.302. The maximum atomic E-state index is 14.5. The molecule has 15 nitrogen and oxygen atoms in total. The van der Waals surface area contributed by atoms with Gasteiger partial charge in [0.25, 0.3) is 11.7 Å². The fourth-order valence-corrected chi connectivity index (χ4v) is 10.5. The van der Waals surface area contributed by atoms with Gasteiger partial charge in [0, 0.05) is 52.0 Å². The van der Waals surface area contributed by atoms with E-state index in [1.165, 1.54) is 19.1 Å². The number of carbonyl (C=O) groups is 5. The van der Waals surface area contributed by atoms with Crippen molar-refractivity contribution in [2.24, 2.45) is 29.6 Å². The molecule has 1 aliphatic carbocycles. The van der Waals surface area contributed by atoms with E-state index in [2.05, 4.69) is 0 Å². The van der Waals surface area contributed by atoms with Crippen molar-refractivity contribution < 1.29 is 67.3 Å². The zero-order valence-corrected chi connectivity index (χ0v) is 41.2. The molecule has 2 N–H and O–H groups in total. The number of allylic oxidation sites excluding steroid dienone is 3. The van der Waals surface area contributed by atoms with E-state index in [0.29, 0.717) is 56.9 Å². The molecule has 1 saturated carbocycles. The largest absolute Gasteiger partial charge is 0.459 e. The van der Waals surface area contributed by atoms with Crippen LogP contribution in [-0.4, -0.2) is 134 Å². The summed E-state index contributed by atoms with van der Waals surface area (Å²) in [6.07, 6.45) is 3.62. The Morgan fingerprint density at radius 3 is 2.25 bits per heavy atom. The van der Waals surface area contributed by atoms with Crippen LogP contribution in [-0.2, 0) is 63.7 Å². The van der Waals surface area contributed by atoms with Crippen LogP contribution in [0.2, 0.25) is 0 Å². The van der Waals surface area contributed by atoms with Crippen LogP contribution in [0.1, 0.15) is 118 Å². The second-order valence-corrected chi connectivity index (χ2v) is 19.6. The molecule has 374 valence electrons. The summed E-state index contributed by atoms with van der Waals surface area (Å²) in [6.45, 7) is 11.1. The monoisotopic (exact) mass is 940 g/mol. The van der Waals surface area contributed by atoms with Crippen LogP contribution in [0.15, 0.2) is 53.6 Å². The number of esters is 2. The van der Waals surface area contributed by atoms with Crippen molar-refractivity contribution in [2.45, 2.75) is 173 Å². The molecule has 4 aliphatic rings. The average molecular weight is 940 g/mol. The standard InChI is InChI=1S/C52H77NO14/c1-10-38-23-31(2)22-32(3)24-44(62-8)48-45(63-9)26-34(5)52(60,67-48)49(57)50(58)53-21-15-14-18-39(53)51(59)66-47(35(6)40(54)28-41(38)55)33(4)25-37-19-20-42(43(27-37)61-7)64-30-46(56)65-29-36-16-12-11-13-17-36/h11-13,16-17,23,25,32,34-35,37-40,42-45,47-48,54,60H,10,14-15,18-22,24,26-30H2,1-9H3/b31-23+,33-25+/t32-,34+,35+,37-,38+,39-,40-,42+,43+,44-,45-,47+,48+,52+/m0/s1. The summed E-state index contributed by atoms with van der Waals surface area (Å²) in [7, 11) is 4.65. The van der Waals surface area contributed by atoms with Crippen molar-refractivity contribution >= 4 is 29.4 Å². The van der Waals surface area contributed by atoms with Crippen LogP contribution in [0.25, 0.3) is 0 Å². The van der Waals surface area contributed by atoms with Crippen LogP contribution >= 0.6 is 0 Å². The van der Waals surface area contributed by atoms with Gasteiger partial charge in [0.2, 0.25) is 5.79 Å². The highest BCUT2D eigenvalue weighted by atomic mass is 16.7. The van der Waals surface area contributed by atoms with Crippen molar-refractivity contribution in [2.75, 3.05) is 34.5 Å². The number of ether oxygens (including phenoxy) is 7. The van der Waals surface area contributed by atoms with Gasteiger partial charge >= 0.3 is 11.9 Å². The van der Waals surface area contributed by atoms with Crippen LogP contribution in [0.4, 0.5) is 0 Å². The number of hydrogen-bond acceptors (Lipinski definition) is 14. The third-order valence-corrected chi connectivity index (χ3v) is 14.5. The number of benzene rings is 1. The van der Waals surface area contributed by atoms with E-state index < -0.39 is 83.7 Å². The predicted octanol–water partition coefficient (Wildman–Crippen LogP) is 6.24. The van der Waals surface area contributed by atoms with Crippen molar-refractivity contribution in [1.82, 2.24) is 4.90 Å². The normalized spacial score (nSPS) is 36.5. The van der Waals surface area contributed by atoms with Gasteiger partial charge in [-0.25, -0.2) is 9.59 Å². The van der Waals surface area contributed by atoms with Crippen molar-refractivity contribution in [3.63, 3.8) is 0 Å².